The fraction of sp³-hybridized carbons (Fsp3) is 0.0714. The number of hydrogen-bond acceptors (Lipinski definition) is 2. The van der Waals surface area contributed by atoms with Crippen LogP contribution in [0, 0.1) is 23.3 Å². The molecule has 0 radical (unpaired) electrons. The molecule has 2 N–H and O–H groups in total. The molecule has 0 aliphatic heterocycles. The third-order valence-electron chi connectivity index (χ3n) is 2.56. The molecule has 2 aromatic rings. The first-order valence-electron chi connectivity index (χ1n) is 5.89. The van der Waals surface area contributed by atoms with E-state index in [1.807, 2.05) is 0 Å². The number of anilines is 2. The highest BCUT2D eigenvalue weighted by molar-refractivity contribution is 5.93. The van der Waals surface area contributed by atoms with E-state index in [0.717, 1.165) is 6.07 Å². The summed E-state index contributed by atoms with van der Waals surface area (Å²) < 4.78 is 51.9. The second-order valence-corrected chi connectivity index (χ2v) is 4.16. The van der Waals surface area contributed by atoms with E-state index in [-0.39, 0.29) is 11.4 Å². The van der Waals surface area contributed by atoms with Gasteiger partial charge in [0.2, 0.25) is 5.91 Å². The lowest BCUT2D eigenvalue weighted by atomic mass is 10.2. The van der Waals surface area contributed by atoms with Gasteiger partial charge in [0.1, 0.15) is 11.6 Å². The second kappa shape index (κ2) is 6.25. The maximum Gasteiger partial charge on any atom is 0.243 e. The number of carbonyl (C=O) groups is 1. The van der Waals surface area contributed by atoms with Crippen LogP contribution in [0.15, 0.2) is 36.4 Å². The van der Waals surface area contributed by atoms with Crippen LogP contribution in [-0.2, 0) is 4.79 Å². The number of rotatable bonds is 4. The predicted octanol–water partition coefficient (Wildman–Crippen LogP) is 3.29. The molecule has 3 nitrogen and oxygen atoms in total. The summed E-state index contributed by atoms with van der Waals surface area (Å²) in [5.41, 5.74) is -0.115. The molecule has 0 spiro atoms. The molecular weight excluding hydrogens is 288 g/mol. The lowest BCUT2D eigenvalue weighted by Crippen LogP contribution is -2.22. The van der Waals surface area contributed by atoms with Gasteiger partial charge in [-0.1, -0.05) is 6.07 Å². The summed E-state index contributed by atoms with van der Waals surface area (Å²) in [6.07, 6.45) is 0. The van der Waals surface area contributed by atoms with Gasteiger partial charge in [-0.3, -0.25) is 4.79 Å². The van der Waals surface area contributed by atoms with Crippen LogP contribution in [0.25, 0.3) is 0 Å². The van der Waals surface area contributed by atoms with Gasteiger partial charge < -0.3 is 10.6 Å². The molecule has 0 aromatic heterocycles. The minimum absolute atomic E-state index is 0.229. The van der Waals surface area contributed by atoms with Gasteiger partial charge in [-0.15, -0.1) is 0 Å². The van der Waals surface area contributed by atoms with Crippen molar-refractivity contribution < 1.29 is 22.4 Å². The molecule has 0 saturated heterocycles. The highest BCUT2D eigenvalue weighted by atomic mass is 19.2. The minimum atomic E-state index is -1.32. The first-order valence-corrected chi connectivity index (χ1v) is 5.89. The van der Waals surface area contributed by atoms with E-state index in [9.17, 15) is 22.4 Å². The molecule has 2 aromatic carbocycles. The van der Waals surface area contributed by atoms with Crippen molar-refractivity contribution in [2.45, 2.75) is 0 Å². The normalized spacial score (nSPS) is 10.3. The Hall–Kier alpha value is -2.57. The molecule has 0 saturated carbocycles. The third-order valence-corrected chi connectivity index (χ3v) is 2.56. The molecule has 0 fully saturated rings. The van der Waals surface area contributed by atoms with E-state index in [1.54, 1.807) is 0 Å². The lowest BCUT2D eigenvalue weighted by Gasteiger charge is -2.09. The number of hydrogen-bond donors (Lipinski definition) is 2. The van der Waals surface area contributed by atoms with Gasteiger partial charge in [-0.05, 0) is 18.2 Å². The predicted molar refractivity (Wildman–Crippen MR) is 69.8 cm³/mol. The van der Waals surface area contributed by atoms with E-state index < -0.39 is 35.7 Å². The Kier molecular flexibility index (Phi) is 4.42. The fourth-order valence-corrected chi connectivity index (χ4v) is 1.60. The Morgan fingerprint density at radius 3 is 2.38 bits per heavy atom. The number of benzene rings is 2. The molecule has 7 heteroatoms. The highest BCUT2D eigenvalue weighted by Gasteiger charge is 2.11. The highest BCUT2D eigenvalue weighted by Crippen LogP contribution is 2.18. The molecule has 0 bridgehead atoms. The van der Waals surface area contributed by atoms with Crippen molar-refractivity contribution in [1.82, 2.24) is 0 Å². The van der Waals surface area contributed by atoms with Gasteiger partial charge in [0.15, 0.2) is 11.6 Å². The van der Waals surface area contributed by atoms with Crippen LogP contribution < -0.4 is 10.6 Å². The fourth-order valence-electron chi connectivity index (χ4n) is 1.60. The first kappa shape index (κ1) is 14.8. The van der Waals surface area contributed by atoms with Crippen molar-refractivity contribution >= 4 is 17.3 Å². The number of halogens is 4. The molecule has 0 unspecified atom stereocenters. The second-order valence-electron chi connectivity index (χ2n) is 4.16. The molecule has 21 heavy (non-hydrogen) atoms. The number of carbonyl (C=O) groups excluding carboxylic acids is 1. The van der Waals surface area contributed by atoms with E-state index in [1.165, 1.54) is 18.2 Å². The molecule has 110 valence electrons. The molecule has 0 aliphatic rings. The number of amides is 1. The third kappa shape index (κ3) is 3.95. The van der Waals surface area contributed by atoms with Crippen molar-refractivity contribution in [2.24, 2.45) is 0 Å². The minimum Gasteiger partial charge on any atom is -0.374 e. The molecule has 2 rings (SSSR count). The average Bonchev–Trinajstić information content (AvgIpc) is 2.41. The van der Waals surface area contributed by atoms with Crippen LogP contribution in [0.4, 0.5) is 28.9 Å². The van der Waals surface area contributed by atoms with Crippen LogP contribution in [-0.4, -0.2) is 12.5 Å². The molecule has 0 aliphatic carbocycles. The molecule has 0 atom stereocenters. The van der Waals surface area contributed by atoms with E-state index in [2.05, 4.69) is 10.6 Å². The summed E-state index contributed by atoms with van der Waals surface area (Å²) in [7, 11) is 0. The summed E-state index contributed by atoms with van der Waals surface area (Å²) >= 11 is 0. The van der Waals surface area contributed by atoms with Crippen molar-refractivity contribution in [3.05, 3.63) is 59.7 Å². The summed E-state index contributed by atoms with van der Waals surface area (Å²) in [5.74, 6) is -4.68. The zero-order valence-corrected chi connectivity index (χ0v) is 10.6. The Bertz CT molecular complexity index is 676. The molecule has 1 amide bonds. The van der Waals surface area contributed by atoms with Crippen LogP contribution in [0.3, 0.4) is 0 Å². The van der Waals surface area contributed by atoms with Gasteiger partial charge in [-0.2, -0.15) is 0 Å². The van der Waals surface area contributed by atoms with E-state index >= 15 is 0 Å². The summed E-state index contributed by atoms with van der Waals surface area (Å²) in [6, 6.07) is 6.19. The first-order chi connectivity index (χ1) is 9.95. The smallest absolute Gasteiger partial charge is 0.243 e. The van der Waals surface area contributed by atoms with Gasteiger partial charge in [0.25, 0.3) is 0 Å². The Balaban J connectivity index is 1.97. The molecular formula is C14H10F4N2O. The van der Waals surface area contributed by atoms with Gasteiger partial charge in [0.05, 0.1) is 12.2 Å². The average molecular weight is 298 g/mol. The van der Waals surface area contributed by atoms with Crippen LogP contribution in [0.5, 0.6) is 0 Å². The zero-order valence-electron chi connectivity index (χ0n) is 10.6. The quantitative estimate of drug-likeness (QED) is 0.672. The topological polar surface area (TPSA) is 41.1 Å². The largest absolute Gasteiger partial charge is 0.374 e. The van der Waals surface area contributed by atoms with Crippen molar-refractivity contribution in [3.63, 3.8) is 0 Å². The lowest BCUT2D eigenvalue weighted by molar-refractivity contribution is -0.114. The number of nitrogens with one attached hydrogen (secondary N) is 2. The maximum absolute atomic E-state index is 13.3. The van der Waals surface area contributed by atoms with Crippen molar-refractivity contribution in [3.8, 4) is 0 Å². The van der Waals surface area contributed by atoms with Crippen molar-refractivity contribution in [1.29, 1.82) is 0 Å². The standard InChI is InChI=1S/C14H10F4N2O/c15-8-2-1-3-9(4-8)20-14(21)7-19-13-6-11(17)10(16)5-12(13)18/h1-6,19H,7H2,(H,20,21). The van der Waals surface area contributed by atoms with E-state index in [4.69, 9.17) is 0 Å². The Labute approximate surface area is 117 Å². The maximum atomic E-state index is 13.3. The van der Waals surface area contributed by atoms with Gasteiger partial charge >= 0.3 is 0 Å². The van der Waals surface area contributed by atoms with Crippen LogP contribution in [0.1, 0.15) is 0 Å². The SMILES string of the molecule is O=C(CNc1cc(F)c(F)cc1F)Nc1cccc(F)c1. The summed E-state index contributed by atoms with van der Waals surface area (Å²) in [4.78, 5) is 11.6. The summed E-state index contributed by atoms with van der Waals surface area (Å²) in [5, 5.41) is 4.69. The monoisotopic (exact) mass is 298 g/mol. The van der Waals surface area contributed by atoms with Crippen molar-refractivity contribution in [2.75, 3.05) is 17.2 Å². The Morgan fingerprint density at radius 1 is 0.952 bits per heavy atom. The van der Waals surface area contributed by atoms with Gasteiger partial charge in [0, 0.05) is 17.8 Å². The van der Waals surface area contributed by atoms with Crippen LogP contribution in [0.2, 0.25) is 0 Å². The zero-order chi connectivity index (χ0) is 15.4. The van der Waals surface area contributed by atoms with E-state index in [0.29, 0.717) is 12.1 Å². The summed E-state index contributed by atoms with van der Waals surface area (Å²) in [6.45, 7) is -0.390. The Morgan fingerprint density at radius 2 is 1.67 bits per heavy atom. The molecule has 0 heterocycles. The van der Waals surface area contributed by atoms with Crippen LogP contribution >= 0.6 is 0 Å². The van der Waals surface area contributed by atoms with Gasteiger partial charge in [-0.25, -0.2) is 17.6 Å².